The van der Waals surface area contributed by atoms with Gasteiger partial charge in [0.25, 0.3) is 0 Å². The van der Waals surface area contributed by atoms with Crippen molar-refractivity contribution < 1.29 is 8.42 Å². The van der Waals surface area contributed by atoms with Crippen molar-refractivity contribution in [1.29, 1.82) is 0 Å². The number of fused-ring (bicyclic) bond motifs is 1. The molecule has 6 heteroatoms. The Hall–Kier alpha value is -2.28. The van der Waals surface area contributed by atoms with E-state index in [0.29, 0.717) is 23.4 Å². The Balaban J connectivity index is 1.45. The first-order valence-corrected chi connectivity index (χ1v) is 10.2. The van der Waals surface area contributed by atoms with Crippen LogP contribution in [0.1, 0.15) is 12.0 Å². The van der Waals surface area contributed by atoms with Crippen LogP contribution in [0, 0.1) is 0 Å². The fourth-order valence-electron chi connectivity index (χ4n) is 2.87. The van der Waals surface area contributed by atoms with Crippen LogP contribution in [0.15, 0.2) is 71.9 Å². The van der Waals surface area contributed by atoms with Gasteiger partial charge in [-0.25, -0.2) is 13.1 Å². The minimum absolute atomic E-state index is 0.293. The first kappa shape index (κ1) is 18.5. The molecule has 0 aliphatic carbocycles. The molecule has 26 heavy (non-hydrogen) atoms. The van der Waals surface area contributed by atoms with E-state index in [0.717, 1.165) is 24.8 Å². The second-order valence-corrected chi connectivity index (χ2v) is 7.83. The molecule has 1 aromatic heterocycles. The summed E-state index contributed by atoms with van der Waals surface area (Å²) in [7, 11) is -3.54. The molecular weight excluding hydrogens is 346 g/mol. The molecule has 3 rings (SSSR count). The number of nitrogens with zero attached hydrogens (tertiary/aromatic N) is 1. The zero-order valence-corrected chi connectivity index (χ0v) is 15.4. The molecule has 0 bridgehead atoms. The SMILES string of the molecule is O=S(=O)(NCCNCCCc1ccccc1)c1cccc2cnccc12. The van der Waals surface area contributed by atoms with Gasteiger partial charge in [0.2, 0.25) is 10.0 Å². The molecule has 2 N–H and O–H groups in total. The maximum atomic E-state index is 12.6. The van der Waals surface area contributed by atoms with Crippen LogP contribution < -0.4 is 10.0 Å². The van der Waals surface area contributed by atoms with E-state index < -0.39 is 10.0 Å². The zero-order valence-electron chi connectivity index (χ0n) is 14.6. The summed E-state index contributed by atoms with van der Waals surface area (Å²) in [5.41, 5.74) is 1.32. The number of aromatic nitrogens is 1. The molecule has 1 heterocycles. The molecule has 0 spiro atoms. The van der Waals surface area contributed by atoms with E-state index in [1.54, 1.807) is 30.6 Å². The van der Waals surface area contributed by atoms with Crippen LogP contribution in [0.5, 0.6) is 0 Å². The van der Waals surface area contributed by atoms with Gasteiger partial charge in [0.1, 0.15) is 0 Å². The van der Waals surface area contributed by atoms with Gasteiger partial charge in [-0.15, -0.1) is 0 Å². The average Bonchev–Trinajstić information content (AvgIpc) is 2.67. The van der Waals surface area contributed by atoms with E-state index in [9.17, 15) is 8.42 Å². The molecule has 3 aromatic rings. The molecule has 136 valence electrons. The van der Waals surface area contributed by atoms with Crippen molar-refractivity contribution in [2.45, 2.75) is 17.7 Å². The number of aryl methyl sites for hydroxylation is 1. The highest BCUT2D eigenvalue weighted by Gasteiger charge is 2.16. The number of hydrogen-bond acceptors (Lipinski definition) is 4. The van der Waals surface area contributed by atoms with Gasteiger partial charge < -0.3 is 5.32 Å². The second-order valence-electron chi connectivity index (χ2n) is 6.09. The Kier molecular flexibility index (Phi) is 6.33. The monoisotopic (exact) mass is 369 g/mol. The van der Waals surface area contributed by atoms with Gasteiger partial charge in [0.15, 0.2) is 0 Å². The average molecular weight is 369 g/mol. The molecule has 0 amide bonds. The van der Waals surface area contributed by atoms with Crippen LogP contribution in [0.2, 0.25) is 0 Å². The molecule has 2 aromatic carbocycles. The number of hydrogen-bond donors (Lipinski definition) is 2. The van der Waals surface area contributed by atoms with Crippen LogP contribution in [0.25, 0.3) is 10.8 Å². The van der Waals surface area contributed by atoms with Gasteiger partial charge in [-0.1, -0.05) is 42.5 Å². The summed E-state index contributed by atoms with van der Waals surface area (Å²) in [6.07, 6.45) is 5.31. The predicted molar refractivity (Wildman–Crippen MR) is 105 cm³/mol. The molecule has 0 fully saturated rings. The third-order valence-electron chi connectivity index (χ3n) is 4.19. The highest BCUT2D eigenvalue weighted by Crippen LogP contribution is 2.21. The van der Waals surface area contributed by atoms with E-state index in [4.69, 9.17) is 0 Å². The van der Waals surface area contributed by atoms with Crippen LogP contribution in [0.3, 0.4) is 0 Å². The molecule has 0 radical (unpaired) electrons. The minimum Gasteiger partial charge on any atom is -0.315 e. The number of benzene rings is 2. The van der Waals surface area contributed by atoms with E-state index in [1.807, 2.05) is 24.3 Å². The summed E-state index contributed by atoms with van der Waals surface area (Å²) in [6.45, 7) is 1.81. The normalized spacial score (nSPS) is 11.7. The number of sulfonamides is 1. The fourth-order valence-corrected chi connectivity index (χ4v) is 4.13. The van der Waals surface area contributed by atoms with Crippen LogP contribution in [-0.2, 0) is 16.4 Å². The Morgan fingerprint density at radius 1 is 0.885 bits per heavy atom. The molecular formula is C20H23N3O2S. The summed E-state index contributed by atoms with van der Waals surface area (Å²) in [6, 6.07) is 17.3. The van der Waals surface area contributed by atoms with Gasteiger partial charge in [-0.2, -0.15) is 0 Å². The Bertz CT molecular complexity index is 938. The van der Waals surface area contributed by atoms with Crippen LogP contribution in [-0.4, -0.2) is 33.0 Å². The molecule has 0 aliphatic heterocycles. The summed E-state index contributed by atoms with van der Waals surface area (Å²) < 4.78 is 27.8. The number of rotatable bonds is 9. The van der Waals surface area contributed by atoms with Gasteiger partial charge in [0.05, 0.1) is 4.90 Å². The zero-order chi connectivity index (χ0) is 18.2. The van der Waals surface area contributed by atoms with E-state index in [2.05, 4.69) is 27.2 Å². The maximum absolute atomic E-state index is 12.6. The van der Waals surface area contributed by atoms with Gasteiger partial charge in [-0.05, 0) is 37.1 Å². The van der Waals surface area contributed by atoms with Gasteiger partial charge >= 0.3 is 0 Å². The molecule has 0 saturated heterocycles. The topological polar surface area (TPSA) is 71.1 Å². The van der Waals surface area contributed by atoms with Crippen molar-refractivity contribution in [2.75, 3.05) is 19.6 Å². The number of pyridine rings is 1. The number of nitrogens with one attached hydrogen (secondary N) is 2. The first-order valence-electron chi connectivity index (χ1n) is 8.74. The predicted octanol–water partition coefficient (Wildman–Crippen LogP) is 2.74. The van der Waals surface area contributed by atoms with Crippen molar-refractivity contribution in [1.82, 2.24) is 15.0 Å². The maximum Gasteiger partial charge on any atom is 0.241 e. The summed E-state index contributed by atoms with van der Waals surface area (Å²) in [5, 5.41) is 4.78. The van der Waals surface area contributed by atoms with E-state index >= 15 is 0 Å². The molecule has 0 unspecified atom stereocenters. The van der Waals surface area contributed by atoms with E-state index in [-0.39, 0.29) is 0 Å². The third-order valence-corrected chi connectivity index (χ3v) is 5.71. The lowest BCUT2D eigenvalue weighted by Crippen LogP contribution is -2.32. The molecule has 0 atom stereocenters. The highest BCUT2D eigenvalue weighted by molar-refractivity contribution is 7.89. The van der Waals surface area contributed by atoms with Gasteiger partial charge in [0, 0.05) is 36.3 Å². The highest BCUT2D eigenvalue weighted by atomic mass is 32.2. The fraction of sp³-hybridized carbons (Fsp3) is 0.250. The lowest BCUT2D eigenvalue weighted by atomic mass is 10.1. The summed E-state index contributed by atoms with van der Waals surface area (Å²) in [5.74, 6) is 0. The summed E-state index contributed by atoms with van der Waals surface area (Å²) >= 11 is 0. The quantitative estimate of drug-likeness (QED) is 0.569. The second kappa shape index (κ2) is 8.89. The van der Waals surface area contributed by atoms with Crippen molar-refractivity contribution in [3.05, 3.63) is 72.6 Å². The smallest absolute Gasteiger partial charge is 0.241 e. The van der Waals surface area contributed by atoms with Crippen LogP contribution >= 0.6 is 0 Å². The van der Waals surface area contributed by atoms with E-state index in [1.165, 1.54) is 5.56 Å². The van der Waals surface area contributed by atoms with Crippen LogP contribution in [0.4, 0.5) is 0 Å². The van der Waals surface area contributed by atoms with Crippen molar-refractivity contribution in [2.24, 2.45) is 0 Å². The lowest BCUT2D eigenvalue weighted by Gasteiger charge is -2.10. The van der Waals surface area contributed by atoms with Crippen molar-refractivity contribution >= 4 is 20.8 Å². The molecule has 5 nitrogen and oxygen atoms in total. The Labute approximate surface area is 154 Å². The standard InChI is InChI=1S/C20H23N3O2S/c24-26(25,20-10-4-9-18-16-22-13-11-19(18)20)23-15-14-21-12-5-8-17-6-2-1-3-7-17/h1-4,6-7,9-11,13,16,21,23H,5,8,12,14-15H2. The largest absolute Gasteiger partial charge is 0.315 e. The van der Waals surface area contributed by atoms with Gasteiger partial charge in [-0.3, -0.25) is 4.98 Å². The molecule has 0 saturated carbocycles. The first-order chi connectivity index (χ1) is 12.7. The van der Waals surface area contributed by atoms with Crippen molar-refractivity contribution in [3.8, 4) is 0 Å². The Morgan fingerprint density at radius 3 is 2.58 bits per heavy atom. The Morgan fingerprint density at radius 2 is 1.73 bits per heavy atom. The molecule has 0 aliphatic rings. The minimum atomic E-state index is -3.54. The van der Waals surface area contributed by atoms with Crippen molar-refractivity contribution in [3.63, 3.8) is 0 Å². The third kappa shape index (κ3) is 4.88. The lowest BCUT2D eigenvalue weighted by molar-refractivity contribution is 0.575. The summed E-state index contributed by atoms with van der Waals surface area (Å²) in [4.78, 5) is 4.33.